The molecule has 0 saturated carbocycles. The van der Waals surface area contributed by atoms with Gasteiger partial charge < -0.3 is 27.0 Å². The third kappa shape index (κ3) is 11.2. The van der Waals surface area contributed by atoms with Crippen LogP contribution in [0, 0.1) is 0 Å². The van der Waals surface area contributed by atoms with Crippen molar-refractivity contribution in [2.45, 2.75) is 0 Å². The number of rotatable bonds is 6. The fourth-order valence-electron chi connectivity index (χ4n) is 22.8. The Morgan fingerprint density at radius 1 is 0.145 bits per heavy atom. The van der Waals surface area contributed by atoms with E-state index < -0.39 is 0 Å². The molecule has 0 saturated heterocycles. The summed E-state index contributed by atoms with van der Waals surface area (Å²) in [5.74, 6) is 0. The molecule has 12 aromatic heterocycles. The minimum absolute atomic E-state index is 0.904. The maximum absolute atomic E-state index is 6.70. The molecule has 0 aliphatic rings. The molecule has 0 atom stereocenters. The topological polar surface area (TPSA) is 54.2 Å². The Hall–Kier alpha value is -16.3. The lowest BCUT2D eigenvalue weighted by Gasteiger charge is -2.08. The van der Waals surface area contributed by atoms with Crippen LogP contribution in [0.5, 0.6) is 0 Å². The van der Waals surface area contributed by atoms with Crippen LogP contribution < -0.4 is 0 Å². The molecule has 21 aromatic carbocycles. The molecular formula is C126H69N3O3S6. The van der Waals surface area contributed by atoms with Gasteiger partial charge in [0.15, 0.2) is 0 Å². The molecule has 0 fully saturated rings. The van der Waals surface area contributed by atoms with Gasteiger partial charge in [0.1, 0.15) is 33.5 Å². The summed E-state index contributed by atoms with van der Waals surface area (Å²) in [5, 5.41) is 30.4. The third-order valence-corrected chi connectivity index (χ3v) is 36.0. The summed E-state index contributed by atoms with van der Waals surface area (Å²) in [4.78, 5) is 0. The van der Waals surface area contributed by atoms with Crippen molar-refractivity contribution < 1.29 is 13.3 Å². The van der Waals surface area contributed by atoms with Crippen LogP contribution in [-0.2, 0) is 0 Å². The molecule has 0 radical (unpaired) electrons. The summed E-state index contributed by atoms with van der Waals surface area (Å²) in [6, 6.07) is 152. The van der Waals surface area contributed by atoms with Gasteiger partial charge in [-0.15, -0.1) is 68.0 Å². The summed E-state index contributed by atoms with van der Waals surface area (Å²) in [6.07, 6.45) is 0. The van der Waals surface area contributed by atoms with Crippen LogP contribution in [0.25, 0.3) is 303 Å². The summed E-state index contributed by atoms with van der Waals surface area (Å²) >= 11 is 11.2. The van der Waals surface area contributed by atoms with Crippen LogP contribution >= 0.6 is 68.0 Å². The van der Waals surface area contributed by atoms with E-state index in [0.717, 1.165) is 99.6 Å². The number of thiophene rings is 6. The van der Waals surface area contributed by atoms with Gasteiger partial charge in [-0.1, -0.05) is 279 Å². The molecule has 0 unspecified atom stereocenters. The highest BCUT2D eigenvalue weighted by Crippen LogP contribution is 2.53. The second-order valence-corrected chi connectivity index (χ2v) is 42.5. The lowest BCUT2D eigenvalue weighted by Crippen LogP contribution is -1.93. The summed E-state index contributed by atoms with van der Waals surface area (Å²) < 4.78 is 43.2. The van der Waals surface area contributed by atoms with E-state index >= 15 is 0 Å². The largest absolute Gasteiger partial charge is 0.455 e. The molecule has 12 heterocycles. The van der Waals surface area contributed by atoms with Gasteiger partial charge in [-0.25, -0.2) is 0 Å². The van der Waals surface area contributed by atoms with Gasteiger partial charge in [-0.3, -0.25) is 0 Å². The average Bonchev–Trinajstić information content (AvgIpc) is 1.55. The van der Waals surface area contributed by atoms with Crippen molar-refractivity contribution in [2.75, 3.05) is 0 Å². The van der Waals surface area contributed by atoms with Gasteiger partial charge in [0.05, 0.1) is 33.1 Å². The van der Waals surface area contributed by atoms with Crippen LogP contribution in [0.15, 0.2) is 432 Å². The van der Waals surface area contributed by atoms with Crippen LogP contribution in [0.3, 0.4) is 0 Å². The maximum atomic E-state index is 6.70. The van der Waals surface area contributed by atoms with Crippen molar-refractivity contribution in [1.29, 1.82) is 0 Å². The number of hydrogen-bond acceptors (Lipinski definition) is 9. The van der Waals surface area contributed by atoms with E-state index in [4.69, 9.17) is 13.3 Å². The first-order chi connectivity index (χ1) is 68.4. The van der Waals surface area contributed by atoms with Crippen molar-refractivity contribution in [3.63, 3.8) is 0 Å². The molecule has 138 heavy (non-hydrogen) atoms. The Balaban J connectivity index is 0.0000000959. The predicted molar refractivity (Wildman–Crippen MR) is 598 cm³/mol. The molecule has 0 amide bonds. The van der Waals surface area contributed by atoms with Crippen molar-refractivity contribution in [1.82, 2.24) is 13.7 Å². The van der Waals surface area contributed by atoms with Crippen LogP contribution in [-0.4, -0.2) is 13.7 Å². The number of benzene rings is 21. The molecule has 642 valence electrons. The van der Waals surface area contributed by atoms with E-state index in [-0.39, 0.29) is 0 Å². The Morgan fingerprint density at radius 3 is 0.906 bits per heavy atom. The number of aromatic nitrogens is 3. The molecule has 0 spiro atoms. The normalized spacial score (nSPS) is 12.3. The number of para-hydroxylation sites is 6. The first kappa shape index (κ1) is 77.1. The Bertz CT molecular complexity index is 10900. The van der Waals surface area contributed by atoms with Crippen molar-refractivity contribution in [3.05, 3.63) is 419 Å². The summed E-state index contributed by atoms with van der Waals surface area (Å²) in [6.45, 7) is 0. The quantitative estimate of drug-likeness (QED) is 0.167. The average molecular weight is 1870 g/mol. The minimum Gasteiger partial charge on any atom is -0.455 e. The van der Waals surface area contributed by atoms with Crippen molar-refractivity contribution >= 4 is 320 Å². The number of furan rings is 3. The molecule has 33 aromatic rings. The molecular weight excluding hydrogens is 1800 g/mol. The zero-order valence-corrected chi connectivity index (χ0v) is 78.3. The maximum Gasteiger partial charge on any atom is 0.143 e. The second-order valence-electron chi connectivity index (χ2n) is 36.1. The van der Waals surface area contributed by atoms with E-state index in [1.165, 1.54) is 203 Å². The van der Waals surface area contributed by atoms with E-state index in [0.29, 0.717) is 0 Å². The molecule has 12 heteroatoms. The molecule has 6 nitrogen and oxygen atoms in total. The molecule has 33 rings (SSSR count). The number of fused-ring (bicyclic) bond motifs is 38. The smallest absolute Gasteiger partial charge is 0.143 e. The lowest BCUT2D eigenvalue weighted by molar-refractivity contribution is 0.669. The van der Waals surface area contributed by atoms with Crippen LogP contribution in [0.2, 0.25) is 0 Å². The highest BCUT2D eigenvalue weighted by molar-refractivity contribution is 7.28. The Kier molecular flexibility index (Phi) is 16.5. The number of nitrogens with zero attached hydrogens (tertiary/aromatic N) is 3. The summed E-state index contributed by atoms with van der Waals surface area (Å²) in [5.41, 5.74) is 23.3. The molecule has 0 aliphatic carbocycles. The van der Waals surface area contributed by atoms with Gasteiger partial charge >= 0.3 is 0 Å². The highest BCUT2D eigenvalue weighted by Gasteiger charge is 2.27. The summed E-state index contributed by atoms with van der Waals surface area (Å²) in [7, 11) is 0. The highest BCUT2D eigenvalue weighted by atomic mass is 32.1. The standard InChI is InChI=1S/3C42H23NOS2/c1-4-16-35-25(9-1)32-23-40-34(27-11-3-5-17-38(27)45-40)22-36(32)43(35)24-19-20-37-33(21-24)29-13-7-12-28(41(29)44-37)31-15-8-14-30-26-10-2-6-18-39(26)46-42(30)31;1-4-16-34-32(11-1)39-35(21-20-31-26-10-3-6-18-38(26)46-42(31)39)43(34)24-19-22-36-33(23-24)28-13-7-12-27(40(28)44-36)30-15-8-14-29-25-9-2-5-17-37(25)45-41(29)30;1-4-16-33-30(10-1)39-34(20-22-38-40(39)31-11-3-6-18-37(31)45-38)43(33)24-19-21-35-32(23-24)27-13-7-12-26(41(27)44-35)29-15-8-14-28-25-9-2-5-17-36(25)46-42(28)29/h3*1-23H. The van der Waals surface area contributed by atoms with E-state index in [9.17, 15) is 0 Å². The van der Waals surface area contributed by atoms with Crippen molar-refractivity contribution in [3.8, 4) is 50.4 Å². The van der Waals surface area contributed by atoms with Gasteiger partial charge in [-0.05, 0) is 140 Å². The Morgan fingerprint density at radius 2 is 0.457 bits per heavy atom. The molecule has 0 aliphatic heterocycles. The SMILES string of the molecule is c1ccc2c(c1)sc1c(-c3cccc4c3oc3ccc(-n5c6ccccc6c6c7c(ccc65)sc5ccccc57)cc34)cccc12.c1ccc2c(c1)sc1c(-c3cccc4c3oc3ccc(-n5c6ccccc6c6c7sc8ccccc8c7ccc65)cc34)cccc12.c1ccc2c(c1)sc1cc3c4ccccc4n(-c4ccc5oc6c(-c7cccc8c7sc7ccccc78)cccc6c5c4)c3cc12. The molecule has 0 N–H and O–H groups in total. The fourth-order valence-corrected chi connectivity index (χ4v) is 30.0. The van der Waals surface area contributed by atoms with Crippen LogP contribution in [0.4, 0.5) is 0 Å². The predicted octanol–water partition coefficient (Wildman–Crippen LogP) is 39.3. The van der Waals surface area contributed by atoms with E-state index in [2.05, 4.69) is 432 Å². The zero-order valence-electron chi connectivity index (χ0n) is 73.4. The first-order valence-corrected chi connectivity index (χ1v) is 51.4. The van der Waals surface area contributed by atoms with E-state index in [1.807, 2.05) is 68.0 Å². The monoisotopic (exact) mass is 1860 g/mol. The van der Waals surface area contributed by atoms with Gasteiger partial charge in [0, 0.05) is 236 Å². The third-order valence-electron chi connectivity index (χ3n) is 28.8. The zero-order chi connectivity index (χ0) is 89.8. The lowest BCUT2D eigenvalue weighted by atomic mass is 10.00. The minimum atomic E-state index is 0.904. The number of hydrogen-bond donors (Lipinski definition) is 0. The van der Waals surface area contributed by atoms with Gasteiger partial charge in [-0.2, -0.15) is 0 Å². The van der Waals surface area contributed by atoms with Crippen molar-refractivity contribution in [2.24, 2.45) is 0 Å². The first-order valence-electron chi connectivity index (χ1n) is 46.5. The second kappa shape index (κ2) is 29.6. The van der Waals surface area contributed by atoms with Gasteiger partial charge in [0.25, 0.3) is 0 Å². The molecule has 0 bridgehead atoms. The van der Waals surface area contributed by atoms with Crippen LogP contribution in [0.1, 0.15) is 0 Å². The Labute approximate surface area is 809 Å². The fraction of sp³-hybridized carbons (Fsp3) is 0. The van der Waals surface area contributed by atoms with Gasteiger partial charge in [0.2, 0.25) is 0 Å². The van der Waals surface area contributed by atoms with E-state index in [1.54, 1.807) is 0 Å².